The van der Waals surface area contributed by atoms with Gasteiger partial charge >= 0.3 is 0 Å². The van der Waals surface area contributed by atoms with Gasteiger partial charge in [-0.1, -0.05) is 6.92 Å². The quantitative estimate of drug-likeness (QED) is 0.599. The summed E-state index contributed by atoms with van der Waals surface area (Å²) in [7, 11) is 0. The molecular weight excluding hydrogens is 156 g/mol. The Balaban J connectivity index is 3.25. The number of rotatable bonds is 6. The van der Waals surface area contributed by atoms with E-state index in [9.17, 15) is 9.59 Å². The standard InChI is InChI=1S/C8H16N2O2/c1-2-6-10-8(12)5-3-4-7(9)11/h2-6H2,1H3,(H2,9,11)(H,10,12). The molecule has 0 saturated carbocycles. The van der Waals surface area contributed by atoms with Gasteiger partial charge in [-0.25, -0.2) is 0 Å². The zero-order valence-corrected chi connectivity index (χ0v) is 7.43. The highest BCUT2D eigenvalue weighted by atomic mass is 16.2. The molecule has 0 aliphatic rings. The van der Waals surface area contributed by atoms with E-state index in [0.29, 0.717) is 25.8 Å². The molecule has 0 atom stereocenters. The number of hydrogen-bond acceptors (Lipinski definition) is 2. The molecule has 0 aromatic rings. The van der Waals surface area contributed by atoms with Crippen molar-refractivity contribution in [2.75, 3.05) is 6.54 Å². The summed E-state index contributed by atoms with van der Waals surface area (Å²) in [5.41, 5.74) is 4.91. The van der Waals surface area contributed by atoms with Crippen molar-refractivity contribution >= 4 is 11.8 Å². The van der Waals surface area contributed by atoms with E-state index in [1.165, 1.54) is 0 Å². The minimum atomic E-state index is -0.349. The molecule has 0 aliphatic heterocycles. The molecule has 3 N–H and O–H groups in total. The smallest absolute Gasteiger partial charge is 0.220 e. The lowest BCUT2D eigenvalue weighted by atomic mass is 10.2. The Morgan fingerprint density at radius 2 is 2.00 bits per heavy atom. The van der Waals surface area contributed by atoms with Crippen LogP contribution < -0.4 is 11.1 Å². The molecule has 0 unspecified atom stereocenters. The second-order valence-electron chi connectivity index (χ2n) is 2.67. The van der Waals surface area contributed by atoms with E-state index in [1.54, 1.807) is 0 Å². The molecule has 4 heteroatoms. The Labute approximate surface area is 72.5 Å². The third-order valence-electron chi connectivity index (χ3n) is 1.40. The second-order valence-corrected chi connectivity index (χ2v) is 2.67. The molecule has 0 aromatic carbocycles. The molecule has 0 fully saturated rings. The third-order valence-corrected chi connectivity index (χ3v) is 1.40. The van der Waals surface area contributed by atoms with Gasteiger partial charge < -0.3 is 11.1 Å². The number of hydrogen-bond donors (Lipinski definition) is 2. The first-order valence-electron chi connectivity index (χ1n) is 4.21. The molecule has 0 bridgehead atoms. The van der Waals surface area contributed by atoms with Crippen molar-refractivity contribution in [3.8, 4) is 0 Å². The van der Waals surface area contributed by atoms with Gasteiger partial charge in [-0.15, -0.1) is 0 Å². The van der Waals surface area contributed by atoms with Gasteiger partial charge in [-0.05, 0) is 12.8 Å². The Bertz CT molecular complexity index is 157. The van der Waals surface area contributed by atoms with E-state index in [0.717, 1.165) is 6.42 Å². The van der Waals surface area contributed by atoms with Crippen LogP contribution in [0.2, 0.25) is 0 Å². The Morgan fingerprint density at radius 1 is 1.33 bits per heavy atom. The maximum atomic E-state index is 10.9. The van der Waals surface area contributed by atoms with Crippen LogP contribution in [0.4, 0.5) is 0 Å². The Hall–Kier alpha value is -1.06. The van der Waals surface area contributed by atoms with E-state index in [2.05, 4.69) is 5.32 Å². The van der Waals surface area contributed by atoms with Gasteiger partial charge in [-0.3, -0.25) is 9.59 Å². The molecule has 0 spiro atoms. The molecule has 0 saturated heterocycles. The monoisotopic (exact) mass is 172 g/mol. The summed E-state index contributed by atoms with van der Waals surface area (Å²) in [6.45, 7) is 2.69. The number of primary amides is 1. The average molecular weight is 172 g/mol. The molecule has 0 aliphatic carbocycles. The first-order chi connectivity index (χ1) is 5.66. The molecule has 4 nitrogen and oxygen atoms in total. The van der Waals surface area contributed by atoms with Crippen molar-refractivity contribution in [3.63, 3.8) is 0 Å². The Morgan fingerprint density at radius 3 is 2.50 bits per heavy atom. The molecule has 0 heterocycles. The molecule has 70 valence electrons. The lowest BCUT2D eigenvalue weighted by Gasteiger charge is -2.01. The van der Waals surface area contributed by atoms with Crippen molar-refractivity contribution in [1.82, 2.24) is 5.32 Å². The fourth-order valence-corrected chi connectivity index (χ4v) is 0.776. The highest BCUT2D eigenvalue weighted by molar-refractivity contribution is 5.77. The molecular formula is C8H16N2O2. The summed E-state index contributed by atoms with van der Waals surface area (Å²) in [6, 6.07) is 0. The minimum absolute atomic E-state index is 0.00176. The van der Waals surface area contributed by atoms with Gasteiger partial charge in [0.25, 0.3) is 0 Å². The fraction of sp³-hybridized carbons (Fsp3) is 0.750. The van der Waals surface area contributed by atoms with Gasteiger partial charge in [0.2, 0.25) is 11.8 Å². The number of nitrogens with two attached hydrogens (primary N) is 1. The topological polar surface area (TPSA) is 72.2 Å². The highest BCUT2D eigenvalue weighted by Gasteiger charge is 2.00. The first-order valence-corrected chi connectivity index (χ1v) is 4.21. The van der Waals surface area contributed by atoms with Crippen LogP contribution in [0.15, 0.2) is 0 Å². The molecule has 0 radical (unpaired) electrons. The second kappa shape index (κ2) is 6.64. The summed E-state index contributed by atoms with van der Waals surface area (Å²) >= 11 is 0. The number of nitrogens with one attached hydrogen (secondary N) is 1. The predicted octanol–water partition coefficient (Wildman–Crippen LogP) is 0.168. The van der Waals surface area contributed by atoms with Crippen LogP contribution in [0.25, 0.3) is 0 Å². The minimum Gasteiger partial charge on any atom is -0.370 e. The number of carbonyl (C=O) groups excluding carboxylic acids is 2. The van der Waals surface area contributed by atoms with Gasteiger partial charge in [0.1, 0.15) is 0 Å². The van der Waals surface area contributed by atoms with Crippen molar-refractivity contribution in [1.29, 1.82) is 0 Å². The summed E-state index contributed by atoms with van der Waals surface area (Å²) in [6.07, 6.45) is 2.16. The number of amides is 2. The lowest BCUT2D eigenvalue weighted by Crippen LogP contribution is -2.24. The van der Waals surface area contributed by atoms with E-state index in [-0.39, 0.29) is 11.8 Å². The van der Waals surface area contributed by atoms with Crippen LogP contribution in [-0.2, 0) is 9.59 Å². The van der Waals surface area contributed by atoms with Crippen molar-refractivity contribution < 1.29 is 9.59 Å². The summed E-state index contributed by atoms with van der Waals surface area (Å²) < 4.78 is 0. The van der Waals surface area contributed by atoms with E-state index in [4.69, 9.17) is 5.73 Å². The van der Waals surface area contributed by atoms with Crippen LogP contribution in [0.3, 0.4) is 0 Å². The lowest BCUT2D eigenvalue weighted by molar-refractivity contribution is -0.121. The van der Waals surface area contributed by atoms with E-state index >= 15 is 0 Å². The van der Waals surface area contributed by atoms with Gasteiger partial charge in [0.15, 0.2) is 0 Å². The summed E-state index contributed by atoms with van der Waals surface area (Å²) in [5.74, 6) is -0.351. The fourth-order valence-electron chi connectivity index (χ4n) is 0.776. The van der Waals surface area contributed by atoms with E-state index < -0.39 is 0 Å². The summed E-state index contributed by atoms with van der Waals surface area (Å²) in [5, 5.41) is 2.72. The van der Waals surface area contributed by atoms with Crippen LogP contribution in [0.1, 0.15) is 32.6 Å². The molecule has 0 rings (SSSR count). The van der Waals surface area contributed by atoms with E-state index in [1.807, 2.05) is 6.92 Å². The first kappa shape index (κ1) is 10.9. The van der Waals surface area contributed by atoms with Crippen molar-refractivity contribution in [2.45, 2.75) is 32.6 Å². The SMILES string of the molecule is CCCNC(=O)CCCC(N)=O. The summed E-state index contributed by atoms with van der Waals surface area (Å²) in [4.78, 5) is 21.2. The Kier molecular flexibility index (Phi) is 6.05. The molecule has 2 amide bonds. The normalized spacial score (nSPS) is 9.42. The highest BCUT2D eigenvalue weighted by Crippen LogP contribution is 1.93. The maximum Gasteiger partial charge on any atom is 0.220 e. The molecule has 0 aromatic heterocycles. The van der Waals surface area contributed by atoms with Crippen LogP contribution in [0.5, 0.6) is 0 Å². The van der Waals surface area contributed by atoms with Gasteiger partial charge in [0, 0.05) is 19.4 Å². The van der Waals surface area contributed by atoms with Crippen LogP contribution in [-0.4, -0.2) is 18.4 Å². The molecule has 12 heavy (non-hydrogen) atoms. The average Bonchev–Trinajstić information content (AvgIpc) is 2.00. The van der Waals surface area contributed by atoms with Crippen LogP contribution in [0, 0.1) is 0 Å². The third kappa shape index (κ3) is 7.05. The number of carbonyl (C=O) groups is 2. The van der Waals surface area contributed by atoms with Gasteiger partial charge in [-0.2, -0.15) is 0 Å². The van der Waals surface area contributed by atoms with Crippen LogP contribution >= 0.6 is 0 Å². The largest absolute Gasteiger partial charge is 0.370 e. The van der Waals surface area contributed by atoms with Crippen molar-refractivity contribution in [2.24, 2.45) is 5.73 Å². The van der Waals surface area contributed by atoms with Crippen molar-refractivity contribution in [3.05, 3.63) is 0 Å². The predicted molar refractivity (Wildman–Crippen MR) is 46.3 cm³/mol. The zero-order chi connectivity index (χ0) is 9.40. The van der Waals surface area contributed by atoms with Gasteiger partial charge in [0.05, 0.1) is 0 Å². The maximum absolute atomic E-state index is 10.9. The zero-order valence-electron chi connectivity index (χ0n) is 7.43.